The summed E-state index contributed by atoms with van der Waals surface area (Å²) in [7, 11) is 0. The lowest BCUT2D eigenvalue weighted by Gasteiger charge is -2.25. The van der Waals surface area contributed by atoms with Gasteiger partial charge in [0.05, 0.1) is 17.9 Å². The largest absolute Gasteiger partial charge is 0.323 e. The highest BCUT2D eigenvalue weighted by atomic mass is 16.2. The van der Waals surface area contributed by atoms with Gasteiger partial charge in [0.25, 0.3) is 0 Å². The molecule has 0 bridgehead atoms. The molecule has 0 radical (unpaired) electrons. The minimum atomic E-state index is -0.534. The van der Waals surface area contributed by atoms with Gasteiger partial charge in [-0.2, -0.15) is 0 Å². The van der Waals surface area contributed by atoms with Crippen LogP contribution < -0.4 is 11.1 Å². The number of nitrogens with zero attached hydrogens (tertiary/aromatic N) is 1. The van der Waals surface area contributed by atoms with E-state index >= 15 is 0 Å². The van der Waals surface area contributed by atoms with Gasteiger partial charge in [0.15, 0.2) is 0 Å². The number of aromatic nitrogens is 1. The molecule has 1 heterocycles. The summed E-state index contributed by atoms with van der Waals surface area (Å²) in [5, 5.41) is 2.75. The van der Waals surface area contributed by atoms with Crippen molar-refractivity contribution in [1.29, 1.82) is 0 Å². The number of carbonyl (C=O) groups is 1. The van der Waals surface area contributed by atoms with E-state index in [-0.39, 0.29) is 11.3 Å². The Hall–Kier alpha value is -1.42. The smallest absolute Gasteiger partial charge is 0.241 e. The fourth-order valence-corrected chi connectivity index (χ4v) is 1.16. The number of nitrogens with one attached hydrogen (secondary N) is 1. The van der Waals surface area contributed by atoms with E-state index in [1.54, 1.807) is 6.20 Å². The fraction of sp³-hybridized carbons (Fsp3) is 0.500. The minimum absolute atomic E-state index is 0.182. The van der Waals surface area contributed by atoms with Gasteiger partial charge in [-0.05, 0) is 24.5 Å². The van der Waals surface area contributed by atoms with E-state index in [9.17, 15) is 4.79 Å². The van der Waals surface area contributed by atoms with Crippen LogP contribution in [0.15, 0.2) is 18.3 Å². The van der Waals surface area contributed by atoms with E-state index in [1.807, 2.05) is 39.8 Å². The van der Waals surface area contributed by atoms with Crippen molar-refractivity contribution >= 4 is 11.6 Å². The van der Waals surface area contributed by atoms with E-state index in [0.717, 1.165) is 5.69 Å². The third kappa shape index (κ3) is 3.31. The Bertz CT molecular complexity index is 365. The third-order valence-electron chi connectivity index (χ3n) is 2.39. The van der Waals surface area contributed by atoms with Crippen LogP contribution in [-0.4, -0.2) is 16.9 Å². The standard InChI is InChI=1S/C12H19N3O/c1-8-5-6-9(7-14-8)15-11(16)10(13)12(2,3)4/h5-7,10H,13H2,1-4H3,(H,15,16)/t10-/m1/s1. The van der Waals surface area contributed by atoms with E-state index in [0.29, 0.717) is 5.69 Å². The van der Waals surface area contributed by atoms with E-state index in [4.69, 9.17) is 5.73 Å². The summed E-state index contributed by atoms with van der Waals surface area (Å²) in [6.07, 6.45) is 1.63. The quantitative estimate of drug-likeness (QED) is 0.798. The van der Waals surface area contributed by atoms with E-state index in [1.165, 1.54) is 0 Å². The zero-order valence-electron chi connectivity index (χ0n) is 10.2. The maximum absolute atomic E-state index is 11.8. The first kappa shape index (κ1) is 12.6. The average Bonchev–Trinajstić information content (AvgIpc) is 2.19. The molecule has 0 aromatic carbocycles. The van der Waals surface area contributed by atoms with Gasteiger partial charge < -0.3 is 11.1 Å². The number of rotatable bonds is 2. The maximum atomic E-state index is 11.8. The second kappa shape index (κ2) is 4.61. The van der Waals surface area contributed by atoms with Gasteiger partial charge in [0.2, 0.25) is 5.91 Å². The minimum Gasteiger partial charge on any atom is -0.323 e. The molecule has 1 amide bonds. The maximum Gasteiger partial charge on any atom is 0.241 e. The van der Waals surface area contributed by atoms with Crippen molar-refractivity contribution in [2.45, 2.75) is 33.7 Å². The van der Waals surface area contributed by atoms with Crippen LogP contribution in [0.5, 0.6) is 0 Å². The summed E-state index contributed by atoms with van der Waals surface area (Å²) in [5.74, 6) is -0.182. The van der Waals surface area contributed by atoms with Crippen LogP contribution >= 0.6 is 0 Å². The predicted molar refractivity (Wildman–Crippen MR) is 65.0 cm³/mol. The van der Waals surface area contributed by atoms with Gasteiger partial charge in [0.1, 0.15) is 0 Å². The summed E-state index contributed by atoms with van der Waals surface area (Å²) >= 11 is 0. The van der Waals surface area contributed by atoms with Crippen molar-refractivity contribution in [3.63, 3.8) is 0 Å². The van der Waals surface area contributed by atoms with Crippen molar-refractivity contribution in [2.75, 3.05) is 5.32 Å². The van der Waals surface area contributed by atoms with Gasteiger partial charge in [-0.25, -0.2) is 0 Å². The van der Waals surface area contributed by atoms with E-state index in [2.05, 4.69) is 10.3 Å². The Labute approximate surface area is 96.3 Å². The van der Waals surface area contributed by atoms with E-state index < -0.39 is 6.04 Å². The number of aryl methyl sites for hydroxylation is 1. The highest BCUT2D eigenvalue weighted by molar-refractivity contribution is 5.95. The Morgan fingerprint density at radius 1 is 1.44 bits per heavy atom. The van der Waals surface area contributed by atoms with Crippen LogP contribution in [0.25, 0.3) is 0 Å². The summed E-state index contributed by atoms with van der Waals surface area (Å²) in [6, 6.07) is 3.13. The van der Waals surface area contributed by atoms with Crippen molar-refractivity contribution in [3.05, 3.63) is 24.0 Å². The van der Waals surface area contributed by atoms with Crippen molar-refractivity contribution in [3.8, 4) is 0 Å². The lowest BCUT2D eigenvalue weighted by molar-refractivity contribution is -0.119. The second-order valence-corrected chi connectivity index (χ2v) is 5.02. The third-order valence-corrected chi connectivity index (χ3v) is 2.39. The molecule has 0 aliphatic heterocycles. The molecular weight excluding hydrogens is 202 g/mol. The fourth-order valence-electron chi connectivity index (χ4n) is 1.16. The van der Waals surface area contributed by atoms with Crippen LogP contribution in [-0.2, 0) is 4.79 Å². The molecule has 1 aromatic rings. The Morgan fingerprint density at radius 2 is 2.06 bits per heavy atom. The highest BCUT2D eigenvalue weighted by Gasteiger charge is 2.27. The second-order valence-electron chi connectivity index (χ2n) is 5.02. The highest BCUT2D eigenvalue weighted by Crippen LogP contribution is 2.18. The number of pyridine rings is 1. The molecule has 1 aromatic heterocycles. The molecular formula is C12H19N3O. The van der Waals surface area contributed by atoms with Crippen LogP contribution in [0.4, 0.5) is 5.69 Å². The summed E-state index contributed by atoms with van der Waals surface area (Å²) < 4.78 is 0. The molecule has 16 heavy (non-hydrogen) atoms. The molecule has 0 unspecified atom stereocenters. The van der Waals surface area contributed by atoms with Crippen LogP contribution in [0.2, 0.25) is 0 Å². The number of hydrogen-bond donors (Lipinski definition) is 2. The predicted octanol–water partition coefficient (Wildman–Crippen LogP) is 1.70. The lowest BCUT2D eigenvalue weighted by atomic mass is 9.87. The molecule has 0 saturated heterocycles. The molecule has 88 valence electrons. The van der Waals surface area contributed by atoms with Gasteiger partial charge >= 0.3 is 0 Å². The van der Waals surface area contributed by atoms with Gasteiger partial charge in [0, 0.05) is 5.69 Å². The van der Waals surface area contributed by atoms with Crippen LogP contribution in [0.1, 0.15) is 26.5 Å². The molecule has 4 heteroatoms. The Kier molecular flexibility index (Phi) is 3.65. The summed E-state index contributed by atoms with van der Waals surface area (Å²) in [4.78, 5) is 15.9. The molecule has 1 atom stereocenters. The molecule has 0 saturated carbocycles. The number of nitrogens with two attached hydrogens (primary N) is 1. The monoisotopic (exact) mass is 221 g/mol. The van der Waals surface area contributed by atoms with Crippen molar-refractivity contribution < 1.29 is 4.79 Å². The first-order valence-corrected chi connectivity index (χ1v) is 5.30. The Balaban J connectivity index is 2.68. The molecule has 0 aliphatic rings. The first-order valence-electron chi connectivity index (χ1n) is 5.30. The average molecular weight is 221 g/mol. The van der Waals surface area contributed by atoms with Gasteiger partial charge in [-0.1, -0.05) is 20.8 Å². The molecule has 0 fully saturated rings. The zero-order valence-corrected chi connectivity index (χ0v) is 10.2. The van der Waals surface area contributed by atoms with Crippen LogP contribution in [0.3, 0.4) is 0 Å². The molecule has 1 rings (SSSR count). The summed E-state index contributed by atoms with van der Waals surface area (Å²) in [5.41, 5.74) is 7.18. The van der Waals surface area contributed by atoms with Gasteiger partial charge in [-0.3, -0.25) is 9.78 Å². The zero-order chi connectivity index (χ0) is 12.3. The molecule has 4 nitrogen and oxygen atoms in total. The Morgan fingerprint density at radius 3 is 2.50 bits per heavy atom. The lowest BCUT2D eigenvalue weighted by Crippen LogP contribution is -2.45. The topological polar surface area (TPSA) is 68.0 Å². The van der Waals surface area contributed by atoms with Crippen molar-refractivity contribution in [1.82, 2.24) is 4.98 Å². The number of hydrogen-bond acceptors (Lipinski definition) is 3. The van der Waals surface area contributed by atoms with Crippen molar-refractivity contribution in [2.24, 2.45) is 11.1 Å². The molecule has 0 aliphatic carbocycles. The molecule has 0 spiro atoms. The normalized spacial score (nSPS) is 13.3. The van der Waals surface area contributed by atoms with Gasteiger partial charge in [-0.15, -0.1) is 0 Å². The number of anilines is 1. The summed E-state index contributed by atoms with van der Waals surface area (Å²) in [6.45, 7) is 7.70. The number of amides is 1. The van der Waals surface area contributed by atoms with Crippen LogP contribution in [0, 0.1) is 12.3 Å². The SMILES string of the molecule is Cc1ccc(NC(=O)[C@@H](N)C(C)(C)C)cn1. The number of carbonyl (C=O) groups excluding carboxylic acids is 1. The first-order chi connectivity index (χ1) is 7.30. The molecule has 3 N–H and O–H groups in total.